The van der Waals surface area contributed by atoms with Gasteiger partial charge in [-0.1, -0.05) is 12.1 Å². The molecule has 1 aromatic heterocycles. The third-order valence-corrected chi connectivity index (χ3v) is 5.64. The summed E-state index contributed by atoms with van der Waals surface area (Å²) in [5.74, 6) is -2.92. The number of nitrogens with zero attached hydrogens (tertiary/aromatic N) is 3. The molecule has 0 spiro atoms. The van der Waals surface area contributed by atoms with E-state index in [9.17, 15) is 13.6 Å². The summed E-state index contributed by atoms with van der Waals surface area (Å²) >= 11 is 0. The maximum absolute atomic E-state index is 13.9. The molecule has 1 saturated heterocycles. The Labute approximate surface area is 143 Å². The van der Waals surface area contributed by atoms with Crippen LogP contribution in [0.15, 0.2) is 30.6 Å². The third-order valence-electron chi connectivity index (χ3n) is 5.64. The van der Waals surface area contributed by atoms with Crippen molar-refractivity contribution in [1.29, 1.82) is 0 Å². The molecule has 5 rings (SSSR count). The molecule has 2 aromatic rings. The Bertz CT molecular complexity index is 864. The first-order valence-corrected chi connectivity index (χ1v) is 8.52. The zero-order chi connectivity index (χ0) is 17.2. The van der Waals surface area contributed by atoms with Gasteiger partial charge in [-0.25, -0.2) is 13.8 Å². The lowest BCUT2D eigenvalue weighted by atomic mass is 9.87. The molecule has 0 N–H and O–H groups in total. The summed E-state index contributed by atoms with van der Waals surface area (Å²) in [7, 11) is 0. The van der Waals surface area contributed by atoms with Crippen LogP contribution in [0.3, 0.4) is 0 Å². The van der Waals surface area contributed by atoms with Gasteiger partial charge >= 0.3 is 0 Å². The molecule has 0 radical (unpaired) electrons. The van der Waals surface area contributed by atoms with Gasteiger partial charge in [-0.15, -0.1) is 0 Å². The molecule has 7 heteroatoms. The highest BCUT2D eigenvalue weighted by Crippen LogP contribution is 2.45. The second kappa shape index (κ2) is 5.03. The Morgan fingerprint density at radius 1 is 1.32 bits per heavy atom. The van der Waals surface area contributed by atoms with E-state index in [4.69, 9.17) is 4.74 Å². The topological polar surface area (TPSA) is 47.4 Å². The van der Waals surface area contributed by atoms with Crippen molar-refractivity contribution in [2.45, 2.75) is 37.8 Å². The largest absolute Gasteiger partial charge is 0.485 e. The highest BCUT2D eigenvalue weighted by molar-refractivity contribution is 5.94. The number of benzene rings is 1. The Balaban J connectivity index is 1.48. The Hall–Kier alpha value is -2.44. The number of likely N-dealkylation sites (tertiary alicyclic amines) is 1. The predicted molar refractivity (Wildman–Crippen MR) is 85.0 cm³/mol. The lowest BCUT2D eigenvalue weighted by Gasteiger charge is -2.28. The van der Waals surface area contributed by atoms with Crippen LogP contribution in [0.25, 0.3) is 5.69 Å². The molecule has 1 aliphatic carbocycles. The number of hydrogen-bond acceptors (Lipinski definition) is 3. The zero-order valence-corrected chi connectivity index (χ0v) is 13.5. The van der Waals surface area contributed by atoms with E-state index in [-0.39, 0.29) is 31.5 Å². The van der Waals surface area contributed by atoms with Crippen LogP contribution in [-0.2, 0) is 6.61 Å². The van der Waals surface area contributed by atoms with Gasteiger partial charge < -0.3 is 9.64 Å². The number of carbonyl (C=O) groups is 1. The van der Waals surface area contributed by atoms with Crippen molar-refractivity contribution in [2.75, 3.05) is 6.54 Å². The Kier molecular flexibility index (Phi) is 2.99. The number of ether oxygens (including phenoxy) is 1. The minimum absolute atomic E-state index is 0.105. The second-order valence-electron chi connectivity index (χ2n) is 7.01. The van der Waals surface area contributed by atoms with E-state index in [0.717, 1.165) is 11.4 Å². The summed E-state index contributed by atoms with van der Waals surface area (Å²) in [6.07, 6.45) is 2.21. The molecule has 3 aliphatic rings. The van der Waals surface area contributed by atoms with E-state index in [1.807, 2.05) is 28.8 Å². The maximum Gasteiger partial charge on any atom is 0.274 e. The summed E-state index contributed by atoms with van der Waals surface area (Å²) in [6.45, 7) is 0.358. The quantitative estimate of drug-likeness (QED) is 0.798. The molecule has 2 aliphatic heterocycles. The summed E-state index contributed by atoms with van der Waals surface area (Å²) in [6, 6.07) is 7.44. The Morgan fingerprint density at radius 3 is 3.00 bits per heavy atom. The number of hydrogen-bond donors (Lipinski definition) is 0. The summed E-state index contributed by atoms with van der Waals surface area (Å²) in [4.78, 5) is 18.9. The van der Waals surface area contributed by atoms with Crippen molar-refractivity contribution >= 4 is 5.91 Å². The average Bonchev–Trinajstić information content (AvgIpc) is 3.21. The number of aromatic nitrogens is 2. The number of fused-ring (bicyclic) bond motifs is 5. The first kappa shape index (κ1) is 14.9. The van der Waals surface area contributed by atoms with Crippen LogP contribution in [0.4, 0.5) is 8.78 Å². The minimum Gasteiger partial charge on any atom is -0.485 e. The number of halogens is 2. The van der Waals surface area contributed by atoms with Gasteiger partial charge in [0, 0.05) is 24.9 Å². The molecule has 2 fully saturated rings. The monoisotopic (exact) mass is 345 g/mol. The molecule has 1 saturated carbocycles. The van der Waals surface area contributed by atoms with Crippen LogP contribution in [0.5, 0.6) is 5.75 Å². The summed E-state index contributed by atoms with van der Waals surface area (Å²) in [5.41, 5.74) is 1.82. The van der Waals surface area contributed by atoms with Crippen LogP contribution in [-0.4, -0.2) is 38.9 Å². The fourth-order valence-corrected chi connectivity index (χ4v) is 4.27. The number of amides is 1. The molecular weight excluding hydrogens is 328 g/mol. The van der Waals surface area contributed by atoms with Gasteiger partial charge in [-0.05, 0) is 25.0 Å². The SMILES string of the molecule is O=C(c1ncn2c1COc1ccccc1-2)N1CC2CC1CCC2(F)F. The first-order valence-electron chi connectivity index (χ1n) is 8.52. The van der Waals surface area contributed by atoms with E-state index in [1.165, 1.54) is 0 Å². The number of alkyl halides is 2. The summed E-state index contributed by atoms with van der Waals surface area (Å²) < 4.78 is 35.5. The highest BCUT2D eigenvalue weighted by atomic mass is 19.3. The Morgan fingerprint density at radius 2 is 2.16 bits per heavy atom. The number of carbonyl (C=O) groups excluding carboxylic acids is 1. The number of rotatable bonds is 1. The van der Waals surface area contributed by atoms with Gasteiger partial charge in [-0.3, -0.25) is 9.36 Å². The minimum atomic E-state index is -2.67. The second-order valence-corrected chi connectivity index (χ2v) is 7.01. The van der Waals surface area contributed by atoms with Crippen molar-refractivity contribution < 1.29 is 18.3 Å². The molecule has 25 heavy (non-hydrogen) atoms. The average molecular weight is 345 g/mol. The molecule has 130 valence electrons. The smallest absolute Gasteiger partial charge is 0.274 e. The van der Waals surface area contributed by atoms with Crippen LogP contribution >= 0.6 is 0 Å². The first-order chi connectivity index (χ1) is 12.0. The predicted octanol–water partition coefficient (Wildman–Crippen LogP) is 3.02. The van der Waals surface area contributed by atoms with Crippen molar-refractivity contribution in [2.24, 2.45) is 5.92 Å². The van der Waals surface area contributed by atoms with E-state index < -0.39 is 11.8 Å². The third kappa shape index (κ3) is 2.11. The molecular formula is C18H17F2N3O2. The van der Waals surface area contributed by atoms with E-state index in [2.05, 4.69) is 4.98 Å². The lowest BCUT2D eigenvalue weighted by molar-refractivity contribution is -0.0709. The number of para-hydroxylation sites is 2. The van der Waals surface area contributed by atoms with Crippen molar-refractivity contribution in [3.8, 4) is 11.4 Å². The van der Waals surface area contributed by atoms with Gasteiger partial charge in [0.1, 0.15) is 18.7 Å². The zero-order valence-electron chi connectivity index (χ0n) is 13.5. The van der Waals surface area contributed by atoms with Gasteiger partial charge in [0.25, 0.3) is 11.8 Å². The maximum atomic E-state index is 13.9. The van der Waals surface area contributed by atoms with Crippen molar-refractivity contribution in [1.82, 2.24) is 14.5 Å². The van der Waals surface area contributed by atoms with Crippen LogP contribution < -0.4 is 4.74 Å². The van der Waals surface area contributed by atoms with Crippen molar-refractivity contribution in [3.63, 3.8) is 0 Å². The standard InChI is InChI=1S/C18H17F2N3O2/c19-18(20)6-5-12-7-11(18)8-22(12)17(24)16-14-9-25-15-4-2-1-3-13(15)23(14)10-21-16/h1-4,10-12H,5-9H2. The molecule has 1 aromatic carbocycles. The van der Waals surface area contributed by atoms with Crippen LogP contribution in [0, 0.1) is 5.92 Å². The number of imidazole rings is 1. The van der Waals surface area contributed by atoms with Gasteiger partial charge in [0.2, 0.25) is 0 Å². The van der Waals surface area contributed by atoms with E-state index in [1.54, 1.807) is 11.2 Å². The van der Waals surface area contributed by atoms with E-state index in [0.29, 0.717) is 24.2 Å². The molecule has 3 heterocycles. The molecule has 2 atom stereocenters. The fraction of sp³-hybridized carbons (Fsp3) is 0.444. The van der Waals surface area contributed by atoms with Gasteiger partial charge in [0.15, 0.2) is 5.69 Å². The molecule has 1 amide bonds. The van der Waals surface area contributed by atoms with Gasteiger partial charge in [0.05, 0.1) is 11.4 Å². The molecule has 2 bridgehead atoms. The fourth-order valence-electron chi connectivity index (χ4n) is 4.27. The van der Waals surface area contributed by atoms with Crippen LogP contribution in [0.2, 0.25) is 0 Å². The lowest BCUT2D eigenvalue weighted by Crippen LogP contribution is -2.36. The normalized spacial score (nSPS) is 25.9. The van der Waals surface area contributed by atoms with E-state index >= 15 is 0 Å². The summed E-state index contributed by atoms with van der Waals surface area (Å²) in [5, 5.41) is 0. The highest BCUT2D eigenvalue weighted by Gasteiger charge is 2.52. The van der Waals surface area contributed by atoms with Crippen LogP contribution in [0.1, 0.15) is 35.4 Å². The molecule has 2 unspecified atom stereocenters. The van der Waals surface area contributed by atoms with Gasteiger partial charge in [-0.2, -0.15) is 0 Å². The van der Waals surface area contributed by atoms with Crippen molar-refractivity contribution in [3.05, 3.63) is 42.0 Å². The molecule has 5 nitrogen and oxygen atoms in total.